The summed E-state index contributed by atoms with van der Waals surface area (Å²) in [6.45, 7) is 14.8. The standard InChI is InChI=1S/C14H29NO/c1-10(2)14(5,6)9-15-13-7-11(3)16-12(4)8-13/h10-13,15H,7-9H2,1-6H3. The van der Waals surface area contributed by atoms with E-state index in [-0.39, 0.29) is 0 Å². The largest absolute Gasteiger partial charge is 0.375 e. The molecule has 0 spiro atoms. The van der Waals surface area contributed by atoms with Crippen molar-refractivity contribution in [3.8, 4) is 0 Å². The van der Waals surface area contributed by atoms with E-state index >= 15 is 0 Å². The summed E-state index contributed by atoms with van der Waals surface area (Å²) in [5, 5.41) is 3.72. The summed E-state index contributed by atoms with van der Waals surface area (Å²) in [5.74, 6) is 0.717. The molecular formula is C14H29NO. The molecule has 1 aliphatic rings. The molecule has 96 valence electrons. The maximum absolute atomic E-state index is 5.76. The third-order valence-electron chi connectivity index (χ3n) is 4.11. The second kappa shape index (κ2) is 5.50. The van der Waals surface area contributed by atoms with E-state index < -0.39 is 0 Å². The monoisotopic (exact) mass is 227 g/mol. The molecule has 1 heterocycles. The molecular weight excluding hydrogens is 198 g/mol. The van der Waals surface area contributed by atoms with E-state index in [1.807, 2.05) is 0 Å². The molecule has 0 aromatic rings. The van der Waals surface area contributed by atoms with Gasteiger partial charge in [-0.25, -0.2) is 0 Å². The van der Waals surface area contributed by atoms with Crippen LogP contribution in [0.5, 0.6) is 0 Å². The Morgan fingerprint density at radius 3 is 2.12 bits per heavy atom. The smallest absolute Gasteiger partial charge is 0.0565 e. The lowest BCUT2D eigenvalue weighted by Gasteiger charge is -2.36. The van der Waals surface area contributed by atoms with Gasteiger partial charge in [0.1, 0.15) is 0 Å². The van der Waals surface area contributed by atoms with Crippen LogP contribution in [0.2, 0.25) is 0 Å². The highest BCUT2D eigenvalue weighted by molar-refractivity contribution is 4.82. The molecule has 0 radical (unpaired) electrons. The molecule has 1 N–H and O–H groups in total. The maximum Gasteiger partial charge on any atom is 0.0565 e. The molecule has 0 aromatic heterocycles. The van der Waals surface area contributed by atoms with Gasteiger partial charge in [0.2, 0.25) is 0 Å². The van der Waals surface area contributed by atoms with E-state index in [9.17, 15) is 0 Å². The maximum atomic E-state index is 5.76. The van der Waals surface area contributed by atoms with Gasteiger partial charge in [0.05, 0.1) is 12.2 Å². The molecule has 2 nitrogen and oxygen atoms in total. The zero-order chi connectivity index (χ0) is 12.3. The van der Waals surface area contributed by atoms with Crippen molar-refractivity contribution < 1.29 is 4.74 Å². The summed E-state index contributed by atoms with van der Waals surface area (Å²) in [7, 11) is 0. The molecule has 0 amide bonds. The number of hydrogen-bond donors (Lipinski definition) is 1. The van der Waals surface area contributed by atoms with Crippen LogP contribution in [0.3, 0.4) is 0 Å². The quantitative estimate of drug-likeness (QED) is 0.796. The molecule has 16 heavy (non-hydrogen) atoms. The van der Waals surface area contributed by atoms with Gasteiger partial charge in [-0.3, -0.25) is 0 Å². The average molecular weight is 227 g/mol. The van der Waals surface area contributed by atoms with Crippen LogP contribution in [-0.2, 0) is 4.74 Å². The summed E-state index contributed by atoms with van der Waals surface area (Å²) in [6.07, 6.45) is 3.11. The number of rotatable bonds is 4. The van der Waals surface area contributed by atoms with E-state index in [0.717, 1.165) is 25.3 Å². The Balaban J connectivity index is 2.37. The summed E-state index contributed by atoms with van der Waals surface area (Å²) >= 11 is 0. The number of hydrogen-bond acceptors (Lipinski definition) is 2. The molecule has 1 saturated heterocycles. The Labute approximate surface area is 101 Å². The van der Waals surface area contributed by atoms with Crippen molar-refractivity contribution in [1.29, 1.82) is 0 Å². The minimum atomic E-state index is 0.380. The van der Waals surface area contributed by atoms with Crippen molar-refractivity contribution in [3.63, 3.8) is 0 Å². The second-order valence-corrected chi connectivity index (χ2v) is 6.45. The molecule has 0 aliphatic carbocycles. The highest BCUT2D eigenvalue weighted by Gasteiger charge is 2.27. The van der Waals surface area contributed by atoms with Crippen LogP contribution >= 0.6 is 0 Å². The lowest BCUT2D eigenvalue weighted by molar-refractivity contribution is -0.0435. The predicted octanol–water partition coefficient (Wildman–Crippen LogP) is 3.21. The summed E-state index contributed by atoms with van der Waals surface area (Å²) in [6, 6.07) is 0.636. The van der Waals surface area contributed by atoms with Gasteiger partial charge in [-0.1, -0.05) is 27.7 Å². The predicted molar refractivity (Wildman–Crippen MR) is 69.7 cm³/mol. The summed E-state index contributed by atoms with van der Waals surface area (Å²) in [5.41, 5.74) is 0.380. The zero-order valence-corrected chi connectivity index (χ0v) is 11.8. The minimum absolute atomic E-state index is 0.380. The van der Waals surface area contributed by atoms with Crippen molar-refractivity contribution in [3.05, 3.63) is 0 Å². The Kier molecular flexibility index (Phi) is 4.81. The molecule has 1 fully saturated rings. The minimum Gasteiger partial charge on any atom is -0.375 e. The van der Waals surface area contributed by atoms with Crippen molar-refractivity contribution in [2.24, 2.45) is 11.3 Å². The van der Waals surface area contributed by atoms with Gasteiger partial charge in [-0.2, -0.15) is 0 Å². The van der Waals surface area contributed by atoms with E-state index in [1.54, 1.807) is 0 Å². The SMILES string of the molecule is CC1CC(NCC(C)(C)C(C)C)CC(C)O1. The molecule has 2 atom stereocenters. The second-order valence-electron chi connectivity index (χ2n) is 6.45. The van der Waals surface area contributed by atoms with Gasteiger partial charge in [0.25, 0.3) is 0 Å². The fourth-order valence-electron chi connectivity index (χ4n) is 2.18. The summed E-state index contributed by atoms with van der Waals surface area (Å²) < 4.78 is 5.76. The molecule has 0 saturated carbocycles. The lowest BCUT2D eigenvalue weighted by atomic mass is 9.81. The van der Waals surface area contributed by atoms with E-state index in [1.165, 1.54) is 0 Å². The van der Waals surface area contributed by atoms with Gasteiger partial charge >= 0.3 is 0 Å². The fourth-order valence-corrected chi connectivity index (χ4v) is 2.18. The Hall–Kier alpha value is -0.0800. The lowest BCUT2D eigenvalue weighted by Crippen LogP contribution is -2.45. The van der Waals surface area contributed by atoms with E-state index in [0.29, 0.717) is 23.7 Å². The van der Waals surface area contributed by atoms with Crippen LogP contribution in [0.4, 0.5) is 0 Å². The van der Waals surface area contributed by atoms with Gasteiger partial charge in [-0.15, -0.1) is 0 Å². The highest BCUT2D eigenvalue weighted by atomic mass is 16.5. The highest BCUT2D eigenvalue weighted by Crippen LogP contribution is 2.26. The van der Waals surface area contributed by atoms with Crippen LogP contribution in [0.25, 0.3) is 0 Å². The van der Waals surface area contributed by atoms with Crippen LogP contribution in [0.1, 0.15) is 54.4 Å². The first-order valence-electron chi connectivity index (χ1n) is 6.70. The first kappa shape index (κ1) is 14.0. The van der Waals surface area contributed by atoms with Crippen molar-refractivity contribution in [2.45, 2.75) is 72.6 Å². The molecule has 2 heteroatoms. The normalized spacial score (nSPS) is 32.1. The third-order valence-corrected chi connectivity index (χ3v) is 4.11. The average Bonchev–Trinajstić information content (AvgIpc) is 2.13. The molecule has 0 aromatic carbocycles. The van der Waals surface area contributed by atoms with Gasteiger partial charge in [-0.05, 0) is 38.0 Å². The zero-order valence-electron chi connectivity index (χ0n) is 11.8. The van der Waals surface area contributed by atoms with E-state index in [4.69, 9.17) is 4.74 Å². The molecule has 1 rings (SSSR count). The third kappa shape index (κ3) is 4.06. The van der Waals surface area contributed by atoms with Gasteiger partial charge < -0.3 is 10.1 Å². The fraction of sp³-hybridized carbons (Fsp3) is 1.00. The number of ether oxygens (including phenoxy) is 1. The molecule has 1 aliphatic heterocycles. The van der Waals surface area contributed by atoms with Crippen molar-refractivity contribution >= 4 is 0 Å². The van der Waals surface area contributed by atoms with Gasteiger partial charge in [0, 0.05) is 12.6 Å². The van der Waals surface area contributed by atoms with Crippen LogP contribution < -0.4 is 5.32 Å². The molecule has 0 bridgehead atoms. The first-order chi connectivity index (χ1) is 7.31. The Morgan fingerprint density at radius 1 is 1.19 bits per heavy atom. The van der Waals surface area contributed by atoms with Crippen LogP contribution in [0, 0.1) is 11.3 Å². The van der Waals surface area contributed by atoms with Crippen LogP contribution in [0.15, 0.2) is 0 Å². The Bertz CT molecular complexity index is 203. The van der Waals surface area contributed by atoms with Crippen molar-refractivity contribution in [1.82, 2.24) is 5.32 Å². The Morgan fingerprint density at radius 2 is 1.69 bits per heavy atom. The van der Waals surface area contributed by atoms with E-state index in [2.05, 4.69) is 46.9 Å². The topological polar surface area (TPSA) is 21.3 Å². The molecule has 2 unspecified atom stereocenters. The van der Waals surface area contributed by atoms with Crippen LogP contribution in [-0.4, -0.2) is 24.8 Å². The first-order valence-corrected chi connectivity index (χ1v) is 6.70. The van der Waals surface area contributed by atoms with Gasteiger partial charge in [0.15, 0.2) is 0 Å². The van der Waals surface area contributed by atoms with Crippen molar-refractivity contribution in [2.75, 3.05) is 6.54 Å². The number of nitrogens with one attached hydrogen (secondary N) is 1. The summed E-state index contributed by atoms with van der Waals surface area (Å²) in [4.78, 5) is 0.